The van der Waals surface area contributed by atoms with Crippen LogP contribution in [0.1, 0.15) is 33.2 Å². The largest absolute Gasteiger partial charge is 0.494 e. The van der Waals surface area contributed by atoms with Crippen LogP contribution in [0.3, 0.4) is 0 Å². The standard InChI is InChI=1S/C26H24F2N8O2/c1-14-22(13-36(3)34-14)32-26-29-11-18-19(27)8-16(9-21(18)31-26)25(37)33-24(17-10-30-35(2)12-17)15-5-6-23(38-4)20(28)7-15/h5-13,24H,1-4H3,(H,33,37)(H,29,31,32). The first-order valence-electron chi connectivity index (χ1n) is 11.6. The fourth-order valence-corrected chi connectivity index (χ4v) is 4.15. The van der Waals surface area contributed by atoms with Crippen LogP contribution in [0.5, 0.6) is 5.75 Å². The summed E-state index contributed by atoms with van der Waals surface area (Å²) in [6.07, 6.45) is 6.40. The van der Waals surface area contributed by atoms with Crippen molar-refractivity contribution < 1.29 is 18.3 Å². The minimum absolute atomic E-state index is 0.0417. The van der Waals surface area contributed by atoms with E-state index in [9.17, 15) is 13.6 Å². The molecule has 1 unspecified atom stereocenters. The molecule has 0 fully saturated rings. The highest BCUT2D eigenvalue weighted by Crippen LogP contribution is 2.28. The molecule has 0 saturated heterocycles. The van der Waals surface area contributed by atoms with Crippen LogP contribution < -0.4 is 15.4 Å². The van der Waals surface area contributed by atoms with Gasteiger partial charge in [-0.2, -0.15) is 10.2 Å². The zero-order valence-electron chi connectivity index (χ0n) is 21.0. The van der Waals surface area contributed by atoms with Crippen molar-refractivity contribution in [2.24, 2.45) is 14.1 Å². The Kier molecular flexibility index (Phi) is 6.45. The number of amides is 1. The summed E-state index contributed by atoms with van der Waals surface area (Å²) in [4.78, 5) is 21.9. The van der Waals surface area contributed by atoms with Crippen LogP contribution in [0.4, 0.5) is 20.4 Å². The SMILES string of the molecule is COc1ccc(C(NC(=O)c2cc(F)c3cnc(Nc4cn(C)nc4C)nc3c2)c2cnn(C)c2)cc1F. The van der Waals surface area contributed by atoms with E-state index in [0.29, 0.717) is 16.8 Å². The Morgan fingerprint density at radius 1 is 1.03 bits per heavy atom. The van der Waals surface area contributed by atoms with Gasteiger partial charge in [0, 0.05) is 43.8 Å². The average molecular weight is 519 g/mol. The molecule has 1 amide bonds. The second-order valence-corrected chi connectivity index (χ2v) is 8.76. The zero-order chi connectivity index (χ0) is 27.0. The van der Waals surface area contributed by atoms with Crippen LogP contribution in [-0.4, -0.2) is 42.5 Å². The number of ether oxygens (including phenoxy) is 1. The van der Waals surface area contributed by atoms with Gasteiger partial charge in [0.2, 0.25) is 5.95 Å². The maximum Gasteiger partial charge on any atom is 0.252 e. The van der Waals surface area contributed by atoms with E-state index < -0.39 is 23.6 Å². The Labute approximate surface area is 216 Å². The Balaban J connectivity index is 1.48. The molecule has 38 heavy (non-hydrogen) atoms. The Bertz CT molecular complexity index is 1660. The topological polar surface area (TPSA) is 112 Å². The van der Waals surface area contributed by atoms with Gasteiger partial charge in [0.25, 0.3) is 5.91 Å². The number of carbonyl (C=O) groups excluding carboxylic acids is 1. The second kappa shape index (κ2) is 9.88. The second-order valence-electron chi connectivity index (χ2n) is 8.76. The number of methoxy groups -OCH3 is 1. The van der Waals surface area contributed by atoms with E-state index in [1.54, 1.807) is 48.1 Å². The molecule has 0 radical (unpaired) electrons. The predicted octanol–water partition coefficient (Wildman–Crippen LogP) is 3.96. The summed E-state index contributed by atoms with van der Waals surface area (Å²) in [6, 6.07) is 6.24. The smallest absolute Gasteiger partial charge is 0.252 e. The van der Waals surface area contributed by atoms with E-state index in [2.05, 4.69) is 30.8 Å². The monoisotopic (exact) mass is 518 g/mol. The number of rotatable bonds is 7. The minimum Gasteiger partial charge on any atom is -0.494 e. The molecule has 2 N–H and O–H groups in total. The first-order chi connectivity index (χ1) is 18.2. The van der Waals surface area contributed by atoms with E-state index in [-0.39, 0.29) is 28.2 Å². The lowest BCUT2D eigenvalue weighted by atomic mass is 10.0. The predicted molar refractivity (Wildman–Crippen MR) is 136 cm³/mol. The molecule has 0 saturated carbocycles. The Hall–Kier alpha value is -4.87. The van der Waals surface area contributed by atoms with Crippen molar-refractivity contribution >= 4 is 28.4 Å². The third-order valence-electron chi connectivity index (χ3n) is 6.01. The van der Waals surface area contributed by atoms with Crippen molar-refractivity contribution in [3.63, 3.8) is 0 Å². The summed E-state index contributed by atoms with van der Waals surface area (Å²) in [6.45, 7) is 1.83. The number of aromatic nitrogens is 6. The van der Waals surface area contributed by atoms with Crippen LogP contribution >= 0.6 is 0 Å². The van der Waals surface area contributed by atoms with E-state index in [4.69, 9.17) is 4.74 Å². The summed E-state index contributed by atoms with van der Waals surface area (Å²) in [5, 5.41) is 14.5. The molecule has 0 aliphatic carbocycles. The van der Waals surface area contributed by atoms with Gasteiger partial charge in [-0.3, -0.25) is 14.2 Å². The van der Waals surface area contributed by atoms with Crippen molar-refractivity contribution in [1.29, 1.82) is 0 Å². The number of anilines is 2. The minimum atomic E-state index is -0.758. The van der Waals surface area contributed by atoms with Crippen molar-refractivity contribution in [1.82, 2.24) is 34.8 Å². The number of benzene rings is 2. The molecular weight excluding hydrogens is 494 g/mol. The lowest BCUT2D eigenvalue weighted by molar-refractivity contribution is 0.0942. The molecule has 3 aromatic heterocycles. The summed E-state index contributed by atoms with van der Waals surface area (Å²) >= 11 is 0. The van der Waals surface area contributed by atoms with Crippen LogP contribution in [0.25, 0.3) is 10.9 Å². The van der Waals surface area contributed by atoms with Gasteiger partial charge in [-0.05, 0) is 36.8 Å². The van der Waals surface area contributed by atoms with Gasteiger partial charge < -0.3 is 15.4 Å². The zero-order valence-corrected chi connectivity index (χ0v) is 21.0. The summed E-state index contributed by atoms with van der Waals surface area (Å²) in [5.41, 5.74) is 2.81. The van der Waals surface area contributed by atoms with Crippen molar-refractivity contribution in [2.75, 3.05) is 12.4 Å². The number of carbonyl (C=O) groups is 1. The van der Waals surface area contributed by atoms with Crippen molar-refractivity contribution in [3.8, 4) is 5.75 Å². The lowest BCUT2D eigenvalue weighted by Crippen LogP contribution is -2.29. The molecule has 0 aliphatic rings. The van der Waals surface area contributed by atoms with Gasteiger partial charge in [0.1, 0.15) is 5.82 Å². The van der Waals surface area contributed by atoms with Crippen molar-refractivity contribution in [2.45, 2.75) is 13.0 Å². The number of hydrogen-bond donors (Lipinski definition) is 2. The molecule has 5 aromatic rings. The maximum atomic E-state index is 15.0. The van der Waals surface area contributed by atoms with E-state index in [1.807, 2.05) is 6.92 Å². The Morgan fingerprint density at radius 3 is 2.50 bits per heavy atom. The van der Waals surface area contributed by atoms with Gasteiger partial charge in [-0.1, -0.05) is 6.07 Å². The van der Waals surface area contributed by atoms with E-state index >= 15 is 0 Å². The first kappa shape index (κ1) is 24.8. The van der Waals surface area contributed by atoms with Crippen LogP contribution in [-0.2, 0) is 14.1 Å². The third kappa shape index (κ3) is 4.88. The van der Waals surface area contributed by atoms with Crippen LogP contribution in [0, 0.1) is 18.6 Å². The number of hydrogen-bond acceptors (Lipinski definition) is 7. The molecule has 5 rings (SSSR count). The number of fused-ring (bicyclic) bond motifs is 1. The molecule has 3 heterocycles. The molecule has 194 valence electrons. The fourth-order valence-electron chi connectivity index (χ4n) is 4.15. The first-order valence-corrected chi connectivity index (χ1v) is 11.6. The molecule has 0 spiro atoms. The third-order valence-corrected chi connectivity index (χ3v) is 6.01. The highest BCUT2D eigenvalue weighted by Gasteiger charge is 2.22. The van der Waals surface area contributed by atoms with E-state index in [1.165, 1.54) is 31.5 Å². The van der Waals surface area contributed by atoms with E-state index in [0.717, 1.165) is 11.8 Å². The van der Waals surface area contributed by atoms with Crippen LogP contribution in [0.15, 0.2) is 55.1 Å². The lowest BCUT2D eigenvalue weighted by Gasteiger charge is -2.19. The summed E-state index contributed by atoms with van der Waals surface area (Å²) in [7, 11) is 4.89. The number of nitrogens with one attached hydrogen (secondary N) is 2. The summed E-state index contributed by atoms with van der Waals surface area (Å²) < 4.78 is 37.7. The normalized spacial score (nSPS) is 11.9. The van der Waals surface area contributed by atoms with Crippen LogP contribution in [0.2, 0.25) is 0 Å². The molecule has 0 aliphatic heterocycles. The molecule has 12 heteroatoms. The molecule has 10 nitrogen and oxygen atoms in total. The molecule has 0 bridgehead atoms. The fraction of sp³-hybridized carbons (Fsp3) is 0.192. The molecule has 1 atom stereocenters. The van der Waals surface area contributed by atoms with Gasteiger partial charge >= 0.3 is 0 Å². The Morgan fingerprint density at radius 2 is 1.84 bits per heavy atom. The highest BCUT2D eigenvalue weighted by molar-refractivity contribution is 5.98. The summed E-state index contributed by atoms with van der Waals surface area (Å²) in [5.74, 6) is -1.50. The number of nitrogens with zero attached hydrogens (tertiary/aromatic N) is 6. The van der Waals surface area contributed by atoms with Crippen molar-refractivity contribution in [3.05, 3.63) is 89.1 Å². The highest BCUT2D eigenvalue weighted by atomic mass is 19.1. The van der Waals surface area contributed by atoms with Gasteiger partial charge in [-0.25, -0.2) is 18.7 Å². The number of aryl methyl sites for hydroxylation is 3. The molecular formula is C26H24F2N8O2. The quantitative estimate of drug-likeness (QED) is 0.336. The van der Waals surface area contributed by atoms with Gasteiger partial charge in [0.05, 0.1) is 41.6 Å². The number of halogens is 2. The maximum absolute atomic E-state index is 15.0. The van der Waals surface area contributed by atoms with Gasteiger partial charge in [-0.15, -0.1) is 0 Å². The average Bonchev–Trinajstić information content (AvgIpc) is 3.45. The van der Waals surface area contributed by atoms with Gasteiger partial charge in [0.15, 0.2) is 11.6 Å². The molecule has 2 aromatic carbocycles.